The Morgan fingerprint density at radius 2 is 2.33 bits per heavy atom. The van der Waals surface area contributed by atoms with Gasteiger partial charge in [0.15, 0.2) is 0 Å². The molecule has 12 heavy (non-hydrogen) atoms. The van der Waals surface area contributed by atoms with Crippen molar-refractivity contribution < 1.29 is 9.26 Å². The van der Waals surface area contributed by atoms with E-state index in [9.17, 15) is 0 Å². The average molecular weight is 190 g/mol. The third-order valence-electron chi connectivity index (χ3n) is 2.70. The van der Waals surface area contributed by atoms with E-state index in [-0.39, 0.29) is 0 Å². The fourth-order valence-corrected chi connectivity index (χ4v) is 1.86. The molecule has 1 fully saturated rings. The molecule has 0 radical (unpaired) electrons. The molecule has 0 aromatic carbocycles. The van der Waals surface area contributed by atoms with Gasteiger partial charge >= 0.3 is 0 Å². The van der Waals surface area contributed by atoms with E-state index in [2.05, 4.69) is 23.3 Å². The molecule has 0 bridgehead atoms. The van der Waals surface area contributed by atoms with Crippen molar-refractivity contribution in [2.75, 3.05) is 6.61 Å². The van der Waals surface area contributed by atoms with Gasteiger partial charge in [0.05, 0.1) is 18.8 Å². The van der Waals surface area contributed by atoms with E-state index in [4.69, 9.17) is 9.26 Å². The molecule has 0 aromatic heterocycles. The molecule has 1 saturated heterocycles. The van der Waals surface area contributed by atoms with Crippen molar-refractivity contribution in [3.05, 3.63) is 0 Å². The molecule has 4 unspecified atom stereocenters. The summed E-state index contributed by atoms with van der Waals surface area (Å²) in [7, 11) is 2.28. The first-order chi connectivity index (χ1) is 5.77. The van der Waals surface area contributed by atoms with Crippen molar-refractivity contribution in [2.45, 2.75) is 45.3 Å². The zero-order valence-electron chi connectivity index (χ0n) is 7.95. The number of hydrogen-bond acceptors (Lipinski definition) is 2. The fraction of sp³-hybridized carbons (Fsp3) is 1.00. The van der Waals surface area contributed by atoms with Crippen LogP contribution in [0.5, 0.6) is 0 Å². The summed E-state index contributed by atoms with van der Waals surface area (Å²) in [6.07, 6.45) is 4.37. The Kier molecular flexibility index (Phi) is 4.49. The van der Waals surface area contributed by atoms with Crippen LogP contribution in [-0.4, -0.2) is 18.8 Å². The first kappa shape index (κ1) is 10.4. The Morgan fingerprint density at radius 3 is 2.92 bits per heavy atom. The first-order valence-electron chi connectivity index (χ1n) is 4.75. The molecule has 1 aliphatic rings. The Balaban J connectivity index is 2.25. The molecule has 3 heteroatoms. The van der Waals surface area contributed by atoms with E-state index in [1.807, 2.05) is 0 Å². The molecule has 72 valence electrons. The number of hydrogen-bond donors (Lipinski definition) is 0. The van der Waals surface area contributed by atoms with Crippen LogP contribution in [0.25, 0.3) is 0 Å². The molecule has 1 rings (SSSR count). The van der Waals surface area contributed by atoms with Gasteiger partial charge in [-0.3, -0.25) is 0 Å². The Bertz CT molecular complexity index is 130. The normalized spacial score (nSPS) is 32.2. The Labute approximate surface area is 77.3 Å². The molecule has 0 aliphatic carbocycles. The van der Waals surface area contributed by atoms with Gasteiger partial charge in [-0.2, -0.15) is 0 Å². The van der Waals surface area contributed by atoms with Crippen LogP contribution < -0.4 is 0 Å². The van der Waals surface area contributed by atoms with Gasteiger partial charge in [-0.1, -0.05) is 20.3 Å². The van der Waals surface area contributed by atoms with Crippen molar-refractivity contribution in [3.63, 3.8) is 0 Å². The standard InChI is InChI=1S/C9H19O2P/c1-3-7(2)9-5-4-8(11-9)6-10-12/h7-9H,3-6,12H2,1-2H3. The van der Waals surface area contributed by atoms with Crippen LogP contribution in [0, 0.1) is 5.92 Å². The van der Waals surface area contributed by atoms with Crippen molar-refractivity contribution in [2.24, 2.45) is 5.92 Å². The highest BCUT2D eigenvalue weighted by molar-refractivity contribution is 7.09. The highest BCUT2D eigenvalue weighted by Crippen LogP contribution is 2.27. The van der Waals surface area contributed by atoms with Gasteiger partial charge in [0.25, 0.3) is 0 Å². The topological polar surface area (TPSA) is 18.5 Å². The zero-order valence-corrected chi connectivity index (χ0v) is 9.11. The van der Waals surface area contributed by atoms with Gasteiger partial charge in [-0.05, 0) is 18.8 Å². The summed E-state index contributed by atoms with van der Waals surface area (Å²) in [5.41, 5.74) is 0. The van der Waals surface area contributed by atoms with Crippen LogP contribution in [0.3, 0.4) is 0 Å². The molecule has 1 aliphatic heterocycles. The van der Waals surface area contributed by atoms with Crippen molar-refractivity contribution in [1.82, 2.24) is 0 Å². The minimum absolute atomic E-state index is 0.335. The lowest BCUT2D eigenvalue weighted by molar-refractivity contribution is -0.00350. The predicted molar refractivity (Wildman–Crippen MR) is 53.0 cm³/mol. The molecular weight excluding hydrogens is 171 g/mol. The van der Waals surface area contributed by atoms with Gasteiger partial charge in [0.2, 0.25) is 0 Å². The lowest BCUT2D eigenvalue weighted by atomic mass is 9.99. The van der Waals surface area contributed by atoms with E-state index in [0.29, 0.717) is 18.1 Å². The maximum Gasteiger partial charge on any atom is 0.0816 e. The molecule has 0 amide bonds. The molecular formula is C9H19O2P. The SMILES string of the molecule is CCC(C)C1CCC(COP)O1. The van der Waals surface area contributed by atoms with E-state index in [0.717, 1.165) is 13.0 Å². The largest absolute Gasteiger partial charge is 0.372 e. The fourth-order valence-electron chi connectivity index (χ4n) is 1.64. The minimum atomic E-state index is 0.335. The Morgan fingerprint density at radius 1 is 1.58 bits per heavy atom. The third kappa shape index (κ3) is 2.69. The van der Waals surface area contributed by atoms with Crippen molar-refractivity contribution in [1.29, 1.82) is 0 Å². The molecule has 2 nitrogen and oxygen atoms in total. The van der Waals surface area contributed by atoms with Crippen LogP contribution in [-0.2, 0) is 9.26 Å². The van der Waals surface area contributed by atoms with Crippen LogP contribution in [0.2, 0.25) is 0 Å². The highest BCUT2D eigenvalue weighted by Gasteiger charge is 2.28. The first-order valence-corrected chi connectivity index (χ1v) is 5.22. The second kappa shape index (κ2) is 5.16. The molecule has 4 atom stereocenters. The maximum absolute atomic E-state index is 5.82. The summed E-state index contributed by atoms with van der Waals surface area (Å²) in [5.74, 6) is 0.694. The van der Waals surface area contributed by atoms with Crippen LogP contribution in [0.4, 0.5) is 0 Å². The predicted octanol–water partition coefficient (Wildman–Crippen LogP) is 2.39. The molecule has 0 N–H and O–H groups in total. The van der Waals surface area contributed by atoms with Crippen LogP contribution in [0.15, 0.2) is 0 Å². The lowest BCUT2D eigenvalue weighted by Gasteiger charge is -2.18. The summed E-state index contributed by atoms with van der Waals surface area (Å²) >= 11 is 0. The van der Waals surface area contributed by atoms with Crippen LogP contribution >= 0.6 is 9.47 Å². The summed E-state index contributed by atoms with van der Waals surface area (Å²) in [4.78, 5) is 0. The van der Waals surface area contributed by atoms with E-state index >= 15 is 0 Å². The zero-order chi connectivity index (χ0) is 8.97. The van der Waals surface area contributed by atoms with Gasteiger partial charge < -0.3 is 9.26 Å². The second-order valence-electron chi connectivity index (χ2n) is 3.59. The summed E-state index contributed by atoms with van der Waals surface area (Å²) in [6.45, 7) is 5.19. The Hall–Kier alpha value is 0.350. The molecule has 0 saturated carbocycles. The smallest absolute Gasteiger partial charge is 0.0816 e. The van der Waals surface area contributed by atoms with Crippen LogP contribution in [0.1, 0.15) is 33.1 Å². The highest BCUT2D eigenvalue weighted by atomic mass is 31.0. The summed E-state index contributed by atoms with van der Waals surface area (Å²) in [6, 6.07) is 0. The molecule has 0 spiro atoms. The summed E-state index contributed by atoms with van der Waals surface area (Å²) < 4.78 is 10.8. The molecule has 1 heterocycles. The van der Waals surface area contributed by atoms with Gasteiger partial charge in [0, 0.05) is 9.47 Å². The second-order valence-corrected chi connectivity index (χ2v) is 3.93. The van der Waals surface area contributed by atoms with Gasteiger partial charge in [-0.15, -0.1) is 0 Å². The monoisotopic (exact) mass is 190 g/mol. The summed E-state index contributed by atoms with van der Waals surface area (Å²) in [5, 5.41) is 0. The number of ether oxygens (including phenoxy) is 1. The van der Waals surface area contributed by atoms with Gasteiger partial charge in [0.1, 0.15) is 0 Å². The van der Waals surface area contributed by atoms with E-state index in [1.54, 1.807) is 0 Å². The minimum Gasteiger partial charge on any atom is -0.372 e. The molecule has 0 aromatic rings. The van der Waals surface area contributed by atoms with Crippen molar-refractivity contribution in [3.8, 4) is 0 Å². The van der Waals surface area contributed by atoms with Crippen molar-refractivity contribution >= 4 is 9.47 Å². The van der Waals surface area contributed by atoms with E-state index in [1.165, 1.54) is 12.8 Å². The van der Waals surface area contributed by atoms with E-state index < -0.39 is 0 Å². The quantitative estimate of drug-likeness (QED) is 0.634. The lowest BCUT2D eigenvalue weighted by Crippen LogP contribution is -2.20. The number of rotatable bonds is 4. The average Bonchev–Trinajstić information content (AvgIpc) is 2.52. The van der Waals surface area contributed by atoms with Gasteiger partial charge in [-0.25, -0.2) is 0 Å². The third-order valence-corrected chi connectivity index (χ3v) is 2.89. The maximum atomic E-state index is 5.82.